The monoisotopic (exact) mass is 456 g/mol. The minimum Gasteiger partial charge on any atom is -0.379 e. The molecule has 6 nitrogen and oxygen atoms in total. The Balaban J connectivity index is 4.33. The van der Waals surface area contributed by atoms with Gasteiger partial charge in [0.1, 0.15) is 0 Å². The Morgan fingerprint density at radius 2 is 0.793 bits per heavy atom. The normalized spacial score (nSPS) is 12.4. The SMILES string of the molecule is CCOCCOCCOCC(COCCOCCOCC)(CP(C)C)CP(C)C. The maximum atomic E-state index is 6.06. The van der Waals surface area contributed by atoms with E-state index in [9.17, 15) is 0 Å². The van der Waals surface area contributed by atoms with E-state index in [1.807, 2.05) is 13.8 Å². The van der Waals surface area contributed by atoms with Crippen molar-refractivity contribution in [3.8, 4) is 0 Å². The van der Waals surface area contributed by atoms with Gasteiger partial charge in [0.05, 0.1) is 66.1 Å². The number of rotatable bonds is 22. The molecule has 0 unspecified atom stereocenters. The Kier molecular flexibility index (Phi) is 21.0. The van der Waals surface area contributed by atoms with Crippen molar-refractivity contribution in [3.05, 3.63) is 0 Å². The van der Waals surface area contributed by atoms with Gasteiger partial charge in [0.25, 0.3) is 0 Å². The topological polar surface area (TPSA) is 55.4 Å². The third-order valence-electron chi connectivity index (χ3n) is 4.02. The smallest absolute Gasteiger partial charge is 0.0701 e. The largest absolute Gasteiger partial charge is 0.379 e. The highest BCUT2D eigenvalue weighted by Gasteiger charge is 2.33. The first kappa shape index (κ1) is 29.6. The molecule has 0 saturated heterocycles. The average molecular weight is 457 g/mol. The van der Waals surface area contributed by atoms with Crippen molar-refractivity contribution >= 4 is 15.8 Å². The maximum absolute atomic E-state index is 6.06. The Morgan fingerprint density at radius 3 is 1.10 bits per heavy atom. The lowest BCUT2D eigenvalue weighted by Crippen LogP contribution is -2.39. The Morgan fingerprint density at radius 1 is 0.483 bits per heavy atom. The van der Waals surface area contributed by atoms with Gasteiger partial charge in [-0.3, -0.25) is 0 Å². The quantitative estimate of drug-likeness (QED) is 0.183. The van der Waals surface area contributed by atoms with Crippen LogP contribution in [0.5, 0.6) is 0 Å². The molecule has 0 fully saturated rings. The predicted octanol–water partition coefficient (Wildman–Crippen LogP) is 3.60. The zero-order valence-electron chi connectivity index (χ0n) is 19.7. The molecule has 0 aromatic heterocycles. The zero-order chi connectivity index (χ0) is 21.8. The molecule has 0 spiro atoms. The molecule has 176 valence electrons. The van der Waals surface area contributed by atoms with E-state index in [0.717, 1.165) is 26.4 Å². The molecule has 0 aromatic carbocycles. The molecule has 29 heavy (non-hydrogen) atoms. The molecular weight excluding hydrogens is 410 g/mol. The van der Waals surface area contributed by atoms with Crippen molar-refractivity contribution in [2.75, 3.05) is 118 Å². The van der Waals surface area contributed by atoms with Crippen molar-refractivity contribution in [3.63, 3.8) is 0 Å². The lowest BCUT2D eigenvalue weighted by molar-refractivity contribution is -0.0371. The van der Waals surface area contributed by atoms with E-state index in [2.05, 4.69) is 26.7 Å². The first-order valence-electron chi connectivity index (χ1n) is 10.7. The molecule has 0 saturated carbocycles. The molecular formula is C21H46O6P2. The standard InChI is InChI=1S/C21H46O6P2/c1-7-22-9-11-24-13-15-26-17-21(19-28(3)4,20-29(5)6)18-27-16-14-25-12-10-23-8-2/h7-20H2,1-6H3. The zero-order valence-corrected chi connectivity index (χ0v) is 21.5. The summed E-state index contributed by atoms with van der Waals surface area (Å²) < 4.78 is 33.8. The summed E-state index contributed by atoms with van der Waals surface area (Å²) in [6, 6.07) is 0. The highest BCUT2D eigenvalue weighted by molar-refractivity contribution is 7.57. The fraction of sp³-hybridized carbons (Fsp3) is 1.00. The van der Waals surface area contributed by atoms with Crippen LogP contribution in [0.3, 0.4) is 0 Å². The van der Waals surface area contributed by atoms with Gasteiger partial charge in [-0.2, -0.15) is 0 Å². The third kappa shape index (κ3) is 19.1. The molecule has 0 aromatic rings. The van der Waals surface area contributed by atoms with Gasteiger partial charge in [-0.15, -0.1) is 15.8 Å². The first-order valence-corrected chi connectivity index (χ1v) is 15.6. The highest BCUT2D eigenvalue weighted by Crippen LogP contribution is 2.42. The van der Waals surface area contributed by atoms with E-state index in [-0.39, 0.29) is 21.3 Å². The first-order chi connectivity index (χ1) is 14.0. The van der Waals surface area contributed by atoms with Crippen LogP contribution >= 0.6 is 15.8 Å². The average Bonchev–Trinajstić information content (AvgIpc) is 2.65. The lowest BCUT2D eigenvalue weighted by Gasteiger charge is -2.36. The molecule has 0 rings (SSSR count). The molecule has 0 amide bonds. The van der Waals surface area contributed by atoms with E-state index in [0.29, 0.717) is 52.9 Å². The van der Waals surface area contributed by atoms with Gasteiger partial charge in [-0.25, -0.2) is 0 Å². The Bertz CT molecular complexity index is 313. The Labute approximate surface area is 182 Å². The fourth-order valence-electron chi connectivity index (χ4n) is 3.16. The summed E-state index contributed by atoms with van der Waals surface area (Å²) in [5, 5.41) is 0. The third-order valence-corrected chi connectivity index (χ3v) is 6.62. The summed E-state index contributed by atoms with van der Waals surface area (Å²) in [4.78, 5) is 0. The lowest BCUT2D eigenvalue weighted by atomic mass is 9.95. The summed E-state index contributed by atoms with van der Waals surface area (Å²) in [6.45, 7) is 21.2. The molecule has 0 heterocycles. The molecule has 0 N–H and O–H groups in total. The second-order valence-corrected chi connectivity index (χ2v) is 12.7. The second-order valence-electron chi connectivity index (χ2n) is 7.70. The van der Waals surface area contributed by atoms with Crippen LogP contribution in [0.15, 0.2) is 0 Å². The minimum absolute atomic E-state index is 0.0332. The van der Waals surface area contributed by atoms with Crippen LogP contribution in [-0.4, -0.2) is 118 Å². The van der Waals surface area contributed by atoms with Crippen molar-refractivity contribution in [1.29, 1.82) is 0 Å². The Hall–Kier alpha value is 0.620. The summed E-state index contributed by atoms with van der Waals surface area (Å²) in [5.74, 6) is 0. The number of hydrogen-bond acceptors (Lipinski definition) is 6. The van der Waals surface area contributed by atoms with Crippen molar-refractivity contribution < 1.29 is 28.4 Å². The van der Waals surface area contributed by atoms with Crippen LogP contribution in [0.1, 0.15) is 13.8 Å². The van der Waals surface area contributed by atoms with Gasteiger partial charge in [-0.05, 0) is 52.8 Å². The van der Waals surface area contributed by atoms with E-state index in [1.54, 1.807) is 0 Å². The summed E-state index contributed by atoms with van der Waals surface area (Å²) in [5.41, 5.74) is 0.0844. The van der Waals surface area contributed by atoms with Crippen molar-refractivity contribution in [2.24, 2.45) is 5.41 Å². The van der Waals surface area contributed by atoms with Crippen LogP contribution in [0.4, 0.5) is 0 Å². The van der Waals surface area contributed by atoms with Crippen molar-refractivity contribution in [1.82, 2.24) is 0 Å². The fourth-order valence-corrected chi connectivity index (χ4v) is 6.61. The van der Waals surface area contributed by atoms with Crippen LogP contribution in [0.2, 0.25) is 0 Å². The van der Waals surface area contributed by atoms with Crippen LogP contribution < -0.4 is 0 Å². The molecule has 8 heteroatoms. The van der Waals surface area contributed by atoms with Gasteiger partial charge in [0.15, 0.2) is 0 Å². The van der Waals surface area contributed by atoms with E-state index >= 15 is 0 Å². The van der Waals surface area contributed by atoms with Gasteiger partial charge >= 0.3 is 0 Å². The number of hydrogen-bond donors (Lipinski definition) is 0. The van der Waals surface area contributed by atoms with Crippen LogP contribution in [0.25, 0.3) is 0 Å². The predicted molar refractivity (Wildman–Crippen MR) is 126 cm³/mol. The second kappa shape index (κ2) is 20.5. The number of ether oxygens (including phenoxy) is 6. The molecule has 0 aliphatic carbocycles. The van der Waals surface area contributed by atoms with Crippen LogP contribution in [0, 0.1) is 5.41 Å². The van der Waals surface area contributed by atoms with Gasteiger partial charge in [0.2, 0.25) is 0 Å². The van der Waals surface area contributed by atoms with Gasteiger partial charge in [-0.1, -0.05) is 0 Å². The highest BCUT2D eigenvalue weighted by atomic mass is 31.1. The summed E-state index contributed by atoms with van der Waals surface area (Å²) in [7, 11) is -0.0663. The van der Waals surface area contributed by atoms with E-state index < -0.39 is 0 Å². The molecule has 0 aliphatic heterocycles. The van der Waals surface area contributed by atoms with E-state index in [1.165, 1.54) is 12.3 Å². The molecule has 0 radical (unpaired) electrons. The molecule has 0 bridgehead atoms. The van der Waals surface area contributed by atoms with E-state index in [4.69, 9.17) is 28.4 Å². The maximum Gasteiger partial charge on any atom is 0.0701 e. The molecule has 0 atom stereocenters. The summed E-state index contributed by atoms with van der Waals surface area (Å²) in [6.07, 6.45) is 2.33. The van der Waals surface area contributed by atoms with Gasteiger partial charge < -0.3 is 28.4 Å². The van der Waals surface area contributed by atoms with Crippen molar-refractivity contribution in [2.45, 2.75) is 13.8 Å². The minimum atomic E-state index is -0.0332. The van der Waals surface area contributed by atoms with Gasteiger partial charge in [0, 0.05) is 18.6 Å². The molecule has 0 aliphatic rings. The van der Waals surface area contributed by atoms with Crippen LogP contribution in [-0.2, 0) is 28.4 Å². The summed E-state index contributed by atoms with van der Waals surface area (Å²) >= 11 is 0.